The van der Waals surface area contributed by atoms with Gasteiger partial charge < -0.3 is 5.73 Å². The van der Waals surface area contributed by atoms with E-state index in [1.165, 1.54) is 30.5 Å². The minimum absolute atomic E-state index is 0.00518. The minimum Gasteiger partial charge on any atom is -0.383 e. The highest BCUT2D eigenvalue weighted by molar-refractivity contribution is 5.79. The maximum atomic E-state index is 13.9. The average molecular weight is 350 g/mol. The van der Waals surface area contributed by atoms with Crippen molar-refractivity contribution < 1.29 is 22.0 Å². The Balaban J connectivity index is 2.12. The van der Waals surface area contributed by atoms with Crippen molar-refractivity contribution in [3.63, 3.8) is 0 Å². The standard InChI is InChI=1S/C18H11F5N2/c19-13-4-5-14(16(20)8-13)11-7-15(17(24)25-9-11)10-2-1-3-12(6-10)18(21,22)23/h1-9H,(H2,24,25). The predicted octanol–water partition coefficient (Wildman–Crippen LogP) is 5.29. The normalized spacial score (nSPS) is 11.6. The maximum absolute atomic E-state index is 13.9. The van der Waals surface area contributed by atoms with E-state index in [0.717, 1.165) is 24.3 Å². The number of rotatable bonds is 2. The first kappa shape index (κ1) is 16.9. The average Bonchev–Trinajstić information content (AvgIpc) is 2.55. The van der Waals surface area contributed by atoms with Crippen molar-refractivity contribution in [2.24, 2.45) is 0 Å². The van der Waals surface area contributed by atoms with Gasteiger partial charge in [0, 0.05) is 29.0 Å². The summed E-state index contributed by atoms with van der Waals surface area (Å²) < 4.78 is 65.7. The second-order valence-electron chi connectivity index (χ2n) is 5.36. The van der Waals surface area contributed by atoms with E-state index in [4.69, 9.17) is 5.73 Å². The van der Waals surface area contributed by atoms with Crippen LogP contribution in [0.5, 0.6) is 0 Å². The minimum atomic E-state index is -4.50. The van der Waals surface area contributed by atoms with Gasteiger partial charge in [-0.15, -0.1) is 0 Å². The molecule has 0 spiro atoms. The number of alkyl halides is 3. The van der Waals surface area contributed by atoms with Crippen LogP contribution in [0.3, 0.4) is 0 Å². The van der Waals surface area contributed by atoms with Gasteiger partial charge in [0.15, 0.2) is 0 Å². The molecule has 0 aliphatic rings. The van der Waals surface area contributed by atoms with Crippen LogP contribution in [-0.2, 0) is 6.18 Å². The lowest BCUT2D eigenvalue weighted by molar-refractivity contribution is -0.137. The Morgan fingerprint density at radius 1 is 0.840 bits per heavy atom. The number of halogens is 5. The lowest BCUT2D eigenvalue weighted by Gasteiger charge is -2.12. The van der Waals surface area contributed by atoms with E-state index in [2.05, 4.69) is 4.98 Å². The molecule has 0 saturated carbocycles. The molecule has 3 aromatic rings. The number of nitrogens with zero attached hydrogens (tertiary/aromatic N) is 1. The number of aromatic nitrogens is 1. The first-order chi connectivity index (χ1) is 11.8. The van der Waals surface area contributed by atoms with Crippen molar-refractivity contribution in [1.82, 2.24) is 4.98 Å². The molecule has 25 heavy (non-hydrogen) atoms. The second-order valence-corrected chi connectivity index (χ2v) is 5.36. The Morgan fingerprint density at radius 3 is 2.28 bits per heavy atom. The van der Waals surface area contributed by atoms with Crippen molar-refractivity contribution >= 4 is 5.82 Å². The first-order valence-corrected chi connectivity index (χ1v) is 7.14. The third kappa shape index (κ3) is 3.45. The number of nitrogen functional groups attached to an aromatic ring is 1. The molecule has 0 aliphatic heterocycles. The summed E-state index contributed by atoms with van der Waals surface area (Å²) in [6.45, 7) is 0. The zero-order valence-corrected chi connectivity index (χ0v) is 12.6. The van der Waals surface area contributed by atoms with Crippen LogP contribution in [0.4, 0.5) is 27.8 Å². The van der Waals surface area contributed by atoms with Crippen LogP contribution in [-0.4, -0.2) is 4.98 Å². The molecule has 0 saturated heterocycles. The highest BCUT2D eigenvalue weighted by atomic mass is 19.4. The van der Waals surface area contributed by atoms with Crippen LogP contribution in [0.15, 0.2) is 54.7 Å². The van der Waals surface area contributed by atoms with Gasteiger partial charge in [0.2, 0.25) is 0 Å². The number of hydrogen-bond donors (Lipinski definition) is 1. The largest absolute Gasteiger partial charge is 0.416 e. The third-order valence-electron chi connectivity index (χ3n) is 3.66. The van der Waals surface area contributed by atoms with E-state index in [0.29, 0.717) is 0 Å². The SMILES string of the molecule is Nc1ncc(-c2ccc(F)cc2F)cc1-c1cccc(C(F)(F)F)c1. The molecule has 0 unspecified atom stereocenters. The zero-order chi connectivity index (χ0) is 18.2. The van der Waals surface area contributed by atoms with Crippen LogP contribution < -0.4 is 5.73 Å². The van der Waals surface area contributed by atoms with Gasteiger partial charge in [0.25, 0.3) is 0 Å². The lowest BCUT2D eigenvalue weighted by atomic mass is 9.99. The summed E-state index contributed by atoms with van der Waals surface area (Å²) in [5, 5.41) is 0. The number of pyridine rings is 1. The summed E-state index contributed by atoms with van der Waals surface area (Å²) >= 11 is 0. The van der Waals surface area contributed by atoms with Crippen molar-refractivity contribution in [2.45, 2.75) is 6.18 Å². The Kier molecular flexibility index (Phi) is 4.16. The Labute approximate surface area is 139 Å². The fraction of sp³-hybridized carbons (Fsp3) is 0.0556. The summed E-state index contributed by atoms with van der Waals surface area (Å²) in [4.78, 5) is 3.92. The summed E-state index contributed by atoms with van der Waals surface area (Å²) in [5.41, 5.74) is 5.72. The predicted molar refractivity (Wildman–Crippen MR) is 84.4 cm³/mol. The zero-order valence-electron chi connectivity index (χ0n) is 12.6. The van der Waals surface area contributed by atoms with E-state index in [-0.39, 0.29) is 28.1 Å². The van der Waals surface area contributed by atoms with Crippen LogP contribution >= 0.6 is 0 Å². The van der Waals surface area contributed by atoms with Crippen LogP contribution in [0.1, 0.15) is 5.56 Å². The molecule has 0 radical (unpaired) electrons. The van der Waals surface area contributed by atoms with Gasteiger partial charge in [-0.3, -0.25) is 0 Å². The fourth-order valence-electron chi connectivity index (χ4n) is 2.44. The molecule has 128 valence electrons. The third-order valence-corrected chi connectivity index (χ3v) is 3.66. The molecule has 0 amide bonds. The second kappa shape index (κ2) is 6.16. The molecular formula is C18H11F5N2. The summed E-state index contributed by atoms with van der Waals surface area (Å²) in [6.07, 6.45) is -3.22. The van der Waals surface area contributed by atoms with E-state index in [9.17, 15) is 22.0 Å². The molecule has 0 bridgehead atoms. The van der Waals surface area contributed by atoms with Crippen LogP contribution in [0, 0.1) is 11.6 Å². The molecule has 2 N–H and O–H groups in total. The Bertz CT molecular complexity index is 935. The summed E-state index contributed by atoms with van der Waals surface area (Å²) in [6, 6.07) is 9.04. The fourth-order valence-corrected chi connectivity index (χ4v) is 2.44. The maximum Gasteiger partial charge on any atom is 0.416 e. The van der Waals surface area contributed by atoms with Crippen molar-refractivity contribution in [2.75, 3.05) is 5.73 Å². The quantitative estimate of drug-likeness (QED) is 0.638. The molecule has 3 rings (SSSR count). The van der Waals surface area contributed by atoms with Gasteiger partial charge in [-0.05, 0) is 35.9 Å². The molecule has 7 heteroatoms. The summed E-state index contributed by atoms with van der Waals surface area (Å²) in [7, 11) is 0. The Hall–Kier alpha value is -2.96. The van der Waals surface area contributed by atoms with Gasteiger partial charge in [-0.25, -0.2) is 13.8 Å². The number of anilines is 1. The molecule has 0 atom stereocenters. The lowest BCUT2D eigenvalue weighted by Crippen LogP contribution is -2.05. The number of benzene rings is 2. The van der Waals surface area contributed by atoms with E-state index >= 15 is 0 Å². The molecule has 2 aromatic carbocycles. The van der Waals surface area contributed by atoms with Crippen molar-refractivity contribution in [3.8, 4) is 22.3 Å². The molecule has 0 aliphatic carbocycles. The van der Waals surface area contributed by atoms with Crippen LogP contribution in [0.2, 0.25) is 0 Å². The van der Waals surface area contributed by atoms with Gasteiger partial charge in [0.1, 0.15) is 17.5 Å². The molecule has 1 aromatic heterocycles. The van der Waals surface area contributed by atoms with Crippen molar-refractivity contribution in [3.05, 3.63) is 71.9 Å². The highest BCUT2D eigenvalue weighted by Crippen LogP contribution is 2.35. The van der Waals surface area contributed by atoms with Gasteiger partial charge in [0.05, 0.1) is 5.56 Å². The van der Waals surface area contributed by atoms with Gasteiger partial charge in [-0.2, -0.15) is 13.2 Å². The molecular weight excluding hydrogens is 339 g/mol. The van der Waals surface area contributed by atoms with Gasteiger partial charge in [-0.1, -0.05) is 12.1 Å². The summed E-state index contributed by atoms with van der Waals surface area (Å²) in [5.74, 6) is -1.53. The molecule has 1 heterocycles. The monoisotopic (exact) mass is 350 g/mol. The van der Waals surface area contributed by atoms with E-state index in [1.54, 1.807) is 0 Å². The van der Waals surface area contributed by atoms with E-state index < -0.39 is 23.4 Å². The first-order valence-electron chi connectivity index (χ1n) is 7.14. The van der Waals surface area contributed by atoms with E-state index in [1.807, 2.05) is 0 Å². The molecule has 2 nitrogen and oxygen atoms in total. The number of nitrogens with two attached hydrogens (primary N) is 1. The number of hydrogen-bond acceptors (Lipinski definition) is 2. The van der Waals surface area contributed by atoms with Gasteiger partial charge >= 0.3 is 6.18 Å². The van der Waals surface area contributed by atoms with Crippen molar-refractivity contribution in [1.29, 1.82) is 0 Å². The van der Waals surface area contributed by atoms with Crippen LogP contribution in [0.25, 0.3) is 22.3 Å². The Morgan fingerprint density at radius 2 is 1.60 bits per heavy atom. The topological polar surface area (TPSA) is 38.9 Å². The molecule has 0 fully saturated rings. The smallest absolute Gasteiger partial charge is 0.383 e. The highest BCUT2D eigenvalue weighted by Gasteiger charge is 2.30.